The number of carbonyl (C=O) groups is 1. The molecule has 4 heteroatoms. The molecule has 0 spiro atoms. The molecule has 0 saturated heterocycles. The van der Waals surface area contributed by atoms with Gasteiger partial charge < -0.3 is 15.2 Å². The molecule has 4 nitrogen and oxygen atoms in total. The maximum absolute atomic E-state index is 11.5. The Morgan fingerprint density at radius 3 is 2.81 bits per heavy atom. The Morgan fingerprint density at radius 1 is 1.15 bits per heavy atom. The lowest BCUT2D eigenvalue weighted by atomic mass is 9.68. The van der Waals surface area contributed by atoms with E-state index in [0.717, 1.165) is 17.4 Å². The third kappa shape index (κ3) is 2.24. The van der Waals surface area contributed by atoms with Crippen molar-refractivity contribution >= 4 is 11.7 Å². The fraction of sp³-hybridized carbons (Fsp3) is 0.409. The molecular weight excluding hydrogens is 326 g/mol. The van der Waals surface area contributed by atoms with Crippen LogP contribution in [0.3, 0.4) is 0 Å². The molecule has 5 rings (SSSR count). The van der Waals surface area contributed by atoms with Crippen molar-refractivity contribution in [2.75, 3.05) is 12.4 Å². The quantitative estimate of drug-likeness (QED) is 0.844. The SMILES string of the molecule is COc1cccc([C@@H]2Nc3ccc(C(=O)O)cc3[C@H]3[C@H]4CC[C@H](C4)[C@H]32)c1. The van der Waals surface area contributed by atoms with E-state index in [0.29, 0.717) is 23.3 Å². The Kier molecular flexibility index (Phi) is 3.49. The molecule has 0 unspecified atom stereocenters. The summed E-state index contributed by atoms with van der Waals surface area (Å²) in [5, 5.41) is 13.2. The molecule has 5 atom stereocenters. The highest BCUT2D eigenvalue weighted by atomic mass is 16.5. The number of benzene rings is 2. The summed E-state index contributed by atoms with van der Waals surface area (Å²) >= 11 is 0. The molecule has 0 amide bonds. The molecule has 2 fully saturated rings. The van der Waals surface area contributed by atoms with Crippen LogP contribution in [-0.2, 0) is 0 Å². The lowest BCUT2D eigenvalue weighted by Gasteiger charge is -2.43. The van der Waals surface area contributed by atoms with Crippen LogP contribution in [0.5, 0.6) is 5.75 Å². The zero-order valence-corrected chi connectivity index (χ0v) is 14.8. The monoisotopic (exact) mass is 349 g/mol. The zero-order valence-electron chi connectivity index (χ0n) is 14.8. The van der Waals surface area contributed by atoms with E-state index in [4.69, 9.17) is 4.74 Å². The van der Waals surface area contributed by atoms with Crippen molar-refractivity contribution in [2.45, 2.75) is 31.2 Å². The Balaban J connectivity index is 1.62. The number of anilines is 1. The Hall–Kier alpha value is -2.49. The molecule has 3 aliphatic rings. The van der Waals surface area contributed by atoms with E-state index in [9.17, 15) is 9.90 Å². The first-order valence-electron chi connectivity index (χ1n) is 9.43. The molecule has 26 heavy (non-hydrogen) atoms. The van der Waals surface area contributed by atoms with Crippen LogP contribution < -0.4 is 10.1 Å². The van der Waals surface area contributed by atoms with Gasteiger partial charge in [0.1, 0.15) is 5.75 Å². The lowest BCUT2D eigenvalue weighted by molar-refractivity contribution is 0.0696. The van der Waals surface area contributed by atoms with Gasteiger partial charge in [-0.2, -0.15) is 0 Å². The van der Waals surface area contributed by atoms with Crippen molar-refractivity contribution in [3.63, 3.8) is 0 Å². The summed E-state index contributed by atoms with van der Waals surface area (Å²) in [6.45, 7) is 0. The zero-order chi connectivity index (χ0) is 17.8. The summed E-state index contributed by atoms with van der Waals surface area (Å²) < 4.78 is 5.44. The number of carboxylic acids is 1. The van der Waals surface area contributed by atoms with Gasteiger partial charge in [-0.25, -0.2) is 4.79 Å². The van der Waals surface area contributed by atoms with Crippen LogP contribution in [0.2, 0.25) is 0 Å². The van der Waals surface area contributed by atoms with Crippen LogP contribution in [-0.4, -0.2) is 18.2 Å². The minimum atomic E-state index is -0.845. The van der Waals surface area contributed by atoms with E-state index in [2.05, 4.69) is 23.5 Å². The first kappa shape index (κ1) is 15.7. The van der Waals surface area contributed by atoms with Crippen LogP contribution in [0.4, 0.5) is 5.69 Å². The van der Waals surface area contributed by atoms with Crippen molar-refractivity contribution in [3.8, 4) is 5.75 Å². The van der Waals surface area contributed by atoms with Crippen LogP contribution in [0.1, 0.15) is 52.7 Å². The van der Waals surface area contributed by atoms with Crippen molar-refractivity contribution in [2.24, 2.45) is 17.8 Å². The second kappa shape index (κ2) is 5.76. The molecule has 134 valence electrons. The lowest BCUT2D eigenvalue weighted by Crippen LogP contribution is -2.35. The highest BCUT2D eigenvalue weighted by Crippen LogP contribution is 2.63. The summed E-state index contributed by atoms with van der Waals surface area (Å²) in [5.74, 6) is 2.43. The molecule has 0 aromatic heterocycles. The maximum Gasteiger partial charge on any atom is 0.335 e. The van der Waals surface area contributed by atoms with Gasteiger partial charge in [-0.05, 0) is 84.4 Å². The molecule has 2 aromatic rings. The summed E-state index contributed by atoms with van der Waals surface area (Å²) in [6.07, 6.45) is 3.84. The fourth-order valence-electron chi connectivity index (χ4n) is 5.78. The molecule has 2 saturated carbocycles. The fourth-order valence-corrected chi connectivity index (χ4v) is 5.78. The van der Waals surface area contributed by atoms with Gasteiger partial charge >= 0.3 is 5.97 Å². The van der Waals surface area contributed by atoms with E-state index >= 15 is 0 Å². The number of fused-ring (bicyclic) bond motifs is 7. The summed E-state index contributed by atoms with van der Waals surface area (Å²) in [6, 6.07) is 14.2. The maximum atomic E-state index is 11.5. The van der Waals surface area contributed by atoms with Gasteiger partial charge in [0.15, 0.2) is 0 Å². The Labute approximate surface area is 153 Å². The molecule has 2 N–H and O–H groups in total. The van der Waals surface area contributed by atoms with E-state index in [1.807, 2.05) is 18.2 Å². The predicted molar refractivity (Wildman–Crippen MR) is 99.8 cm³/mol. The molecule has 0 radical (unpaired) electrons. The van der Waals surface area contributed by atoms with E-state index in [1.165, 1.54) is 30.4 Å². The van der Waals surface area contributed by atoms with Crippen molar-refractivity contribution < 1.29 is 14.6 Å². The second-order valence-corrected chi connectivity index (χ2v) is 7.94. The average molecular weight is 349 g/mol. The van der Waals surface area contributed by atoms with Crippen molar-refractivity contribution in [1.82, 2.24) is 0 Å². The normalized spacial score (nSPS) is 31.0. The van der Waals surface area contributed by atoms with Crippen molar-refractivity contribution in [1.29, 1.82) is 0 Å². The number of ether oxygens (including phenoxy) is 1. The average Bonchev–Trinajstić information content (AvgIpc) is 3.29. The van der Waals surface area contributed by atoms with Gasteiger partial charge in [0.25, 0.3) is 0 Å². The van der Waals surface area contributed by atoms with Crippen molar-refractivity contribution in [3.05, 3.63) is 59.2 Å². The smallest absolute Gasteiger partial charge is 0.335 e. The summed E-state index contributed by atoms with van der Waals surface area (Å²) in [4.78, 5) is 11.5. The van der Waals surface area contributed by atoms with Gasteiger partial charge in [-0.1, -0.05) is 12.1 Å². The predicted octanol–water partition coefficient (Wildman–Crippen LogP) is 4.69. The van der Waals surface area contributed by atoms with Gasteiger partial charge in [-0.15, -0.1) is 0 Å². The highest BCUT2D eigenvalue weighted by Gasteiger charge is 2.53. The third-order valence-corrected chi connectivity index (χ3v) is 6.79. The van der Waals surface area contributed by atoms with Crippen LogP contribution in [0, 0.1) is 17.8 Å². The number of methoxy groups -OCH3 is 1. The molecular formula is C22H23NO3. The number of hydrogen-bond acceptors (Lipinski definition) is 3. The van der Waals surface area contributed by atoms with Crippen LogP contribution in [0.15, 0.2) is 42.5 Å². The van der Waals surface area contributed by atoms with E-state index < -0.39 is 5.97 Å². The van der Waals surface area contributed by atoms with E-state index in [-0.39, 0.29) is 6.04 Å². The first-order valence-corrected chi connectivity index (χ1v) is 9.43. The van der Waals surface area contributed by atoms with Gasteiger partial charge in [-0.3, -0.25) is 0 Å². The Morgan fingerprint density at radius 2 is 2.00 bits per heavy atom. The number of hydrogen-bond donors (Lipinski definition) is 2. The van der Waals surface area contributed by atoms with Crippen LogP contribution in [0.25, 0.3) is 0 Å². The molecule has 1 aliphatic heterocycles. The number of rotatable bonds is 3. The van der Waals surface area contributed by atoms with Gasteiger partial charge in [0, 0.05) is 5.69 Å². The number of aromatic carboxylic acids is 1. The van der Waals surface area contributed by atoms with Crippen LogP contribution >= 0.6 is 0 Å². The number of nitrogens with one attached hydrogen (secondary N) is 1. The van der Waals surface area contributed by atoms with Gasteiger partial charge in [0.2, 0.25) is 0 Å². The molecule has 2 aromatic carbocycles. The minimum Gasteiger partial charge on any atom is -0.497 e. The third-order valence-electron chi connectivity index (χ3n) is 6.79. The highest BCUT2D eigenvalue weighted by molar-refractivity contribution is 5.88. The summed E-state index contributed by atoms with van der Waals surface area (Å²) in [5.41, 5.74) is 3.96. The first-order chi connectivity index (χ1) is 12.7. The minimum absolute atomic E-state index is 0.258. The Bertz CT molecular complexity index is 877. The summed E-state index contributed by atoms with van der Waals surface area (Å²) in [7, 11) is 1.70. The standard InChI is InChI=1S/C22H23NO3/c1-26-16-4-2-3-14(10-16)21-20-13-6-5-12(9-13)19(20)17-11-15(22(24)25)7-8-18(17)23-21/h2-4,7-8,10-13,19-21,23H,5-6,9H2,1H3,(H,24,25)/t12-,13+,19+,20+,21-/m0/s1. The largest absolute Gasteiger partial charge is 0.497 e. The molecule has 2 aliphatic carbocycles. The van der Waals surface area contributed by atoms with E-state index in [1.54, 1.807) is 13.2 Å². The van der Waals surface area contributed by atoms with Gasteiger partial charge in [0.05, 0.1) is 18.7 Å². The topological polar surface area (TPSA) is 58.6 Å². The second-order valence-electron chi connectivity index (χ2n) is 7.94. The molecule has 2 bridgehead atoms. The molecule has 1 heterocycles. The number of carboxylic acid groups (broad SMARTS) is 1.